The molecule has 2 aromatic rings. The molecule has 2 rings (SSSR count). The molecule has 0 atom stereocenters. The molecule has 0 radical (unpaired) electrons. The van der Waals surface area contributed by atoms with E-state index in [1.807, 2.05) is 0 Å². The number of hydrogen-bond donors (Lipinski definition) is 0. The predicted octanol–water partition coefficient (Wildman–Crippen LogP) is 3.56. The monoisotopic (exact) mass is 258 g/mol. The van der Waals surface area contributed by atoms with Gasteiger partial charge in [-0.05, 0) is 18.2 Å². The minimum atomic E-state index is -4.32. The molecule has 0 N–H and O–H groups in total. The lowest BCUT2D eigenvalue weighted by Gasteiger charge is -2.04. The lowest BCUT2D eigenvalue weighted by Crippen LogP contribution is -2.03. The van der Waals surface area contributed by atoms with Crippen molar-refractivity contribution >= 4 is 27.8 Å². The van der Waals surface area contributed by atoms with Gasteiger partial charge in [0, 0.05) is 19.7 Å². The molecule has 90 valence electrons. The average molecular weight is 258 g/mol. The van der Waals surface area contributed by atoms with E-state index in [4.69, 9.17) is 0 Å². The summed E-state index contributed by atoms with van der Waals surface area (Å²) in [6.45, 7) is 0. The van der Waals surface area contributed by atoms with Gasteiger partial charge in [-0.1, -0.05) is 0 Å². The van der Waals surface area contributed by atoms with Crippen LogP contribution in [0.2, 0.25) is 0 Å². The highest BCUT2D eigenvalue weighted by molar-refractivity contribution is 7.18. The van der Waals surface area contributed by atoms with Crippen molar-refractivity contribution in [3.63, 3.8) is 0 Å². The van der Waals surface area contributed by atoms with E-state index in [1.54, 1.807) is 13.3 Å². The lowest BCUT2D eigenvalue weighted by atomic mass is 10.2. The molecule has 0 aliphatic heterocycles. The summed E-state index contributed by atoms with van der Waals surface area (Å²) in [7, 11) is 1.65. The van der Waals surface area contributed by atoms with E-state index >= 15 is 0 Å². The molecule has 1 aromatic heterocycles. The van der Waals surface area contributed by atoms with Gasteiger partial charge in [-0.3, -0.25) is 0 Å². The van der Waals surface area contributed by atoms with Crippen LogP contribution in [0.15, 0.2) is 23.2 Å². The molecule has 17 heavy (non-hydrogen) atoms. The number of thiazole rings is 1. The molecule has 2 nitrogen and oxygen atoms in total. The van der Waals surface area contributed by atoms with Crippen LogP contribution in [0.1, 0.15) is 10.6 Å². The Kier molecular flexibility index (Phi) is 3.15. The minimum absolute atomic E-state index is 0.393. The molecule has 0 unspecified atom stereocenters. The fourth-order valence-corrected chi connectivity index (χ4v) is 2.31. The molecule has 0 saturated heterocycles. The van der Waals surface area contributed by atoms with Gasteiger partial charge in [-0.25, -0.2) is 4.98 Å². The summed E-state index contributed by atoms with van der Waals surface area (Å²) in [5.74, 6) is 0. The van der Waals surface area contributed by atoms with E-state index in [1.165, 1.54) is 17.4 Å². The summed E-state index contributed by atoms with van der Waals surface area (Å²) in [6.07, 6.45) is -2.08. The van der Waals surface area contributed by atoms with Crippen LogP contribution in [0.3, 0.4) is 0 Å². The third-order valence-electron chi connectivity index (χ3n) is 2.21. The third kappa shape index (κ3) is 2.63. The first-order valence-corrected chi connectivity index (χ1v) is 5.69. The second-order valence-corrected chi connectivity index (χ2v) is 4.55. The number of aliphatic imine (C=N–C) groups is 1. The summed E-state index contributed by atoms with van der Waals surface area (Å²) in [4.78, 5) is 7.97. The van der Waals surface area contributed by atoms with Crippen molar-refractivity contribution in [2.45, 2.75) is 12.6 Å². The Morgan fingerprint density at radius 1 is 1.41 bits per heavy atom. The molecular formula is C11H9F3N2S. The Labute approximate surface area is 99.8 Å². The van der Waals surface area contributed by atoms with Gasteiger partial charge in [0.15, 0.2) is 0 Å². The van der Waals surface area contributed by atoms with Crippen LogP contribution >= 0.6 is 11.3 Å². The van der Waals surface area contributed by atoms with Crippen molar-refractivity contribution in [2.24, 2.45) is 4.99 Å². The van der Waals surface area contributed by atoms with Gasteiger partial charge in [-0.2, -0.15) is 13.2 Å². The van der Waals surface area contributed by atoms with Gasteiger partial charge < -0.3 is 4.99 Å². The Balaban J connectivity index is 2.41. The SMILES string of the molecule is CN=CCc1nc2cc(C(F)(F)F)ccc2s1. The summed E-state index contributed by atoms with van der Waals surface area (Å²) in [6, 6.07) is 3.62. The van der Waals surface area contributed by atoms with Crippen molar-refractivity contribution < 1.29 is 13.2 Å². The van der Waals surface area contributed by atoms with E-state index in [0.29, 0.717) is 11.9 Å². The number of rotatable bonds is 2. The summed E-state index contributed by atoms with van der Waals surface area (Å²) in [5, 5.41) is 0.768. The number of aromatic nitrogens is 1. The number of benzene rings is 1. The zero-order chi connectivity index (χ0) is 12.5. The molecule has 0 saturated carbocycles. The number of halogens is 3. The van der Waals surface area contributed by atoms with Crippen LogP contribution in [0.4, 0.5) is 13.2 Å². The highest BCUT2D eigenvalue weighted by Gasteiger charge is 2.30. The summed E-state index contributed by atoms with van der Waals surface area (Å²) in [5.41, 5.74) is -0.268. The second kappa shape index (κ2) is 4.44. The van der Waals surface area contributed by atoms with Gasteiger partial charge in [0.25, 0.3) is 0 Å². The highest BCUT2D eigenvalue weighted by Crippen LogP contribution is 2.32. The van der Waals surface area contributed by atoms with Gasteiger partial charge in [-0.15, -0.1) is 11.3 Å². The maximum atomic E-state index is 12.5. The lowest BCUT2D eigenvalue weighted by molar-refractivity contribution is -0.137. The van der Waals surface area contributed by atoms with Crippen molar-refractivity contribution in [1.82, 2.24) is 4.98 Å². The molecule has 0 fully saturated rings. The standard InChI is InChI=1S/C11H9F3N2S/c1-15-5-4-10-16-8-6-7(11(12,13)14)2-3-9(8)17-10/h2-3,5-6H,4H2,1H3. The van der Waals surface area contributed by atoms with E-state index in [2.05, 4.69) is 9.98 Å². The highest BCUT2D eigenvalue weighted by atomic mass is 32.1. The first-order chi connectivity index (χ1) is 8.00. The Bertz CT molecular complexity index is 557. The van der Waals surface area contributed by atoms with Crippen molar-refractivity contribution in [1.29, 1.82) is 0 Å². The number of nitrogens with zero attached hydrogens (tertiary/aromatic N) is 2. The fourth-order valence-electron chi connectivity index (χ4n) is 1.41. The normalized spacial score (nSPS) is 12.7. The first-order valence-electron chi connectivity index (χ1n) is 4.88. The van der Waals surface area contributed by atoms with Crippen LogP contribution in [-0.2, 0) is 12.6 Å². The van der Waals surface area contributed by atoms with E-state index in [-0.39, 0.29) is 0 Å². The minimum Gasteiger partial charge on any atom is -0.300 e. The van der Waals surface area contributed by atoms with Gasteiger partial charge in [0.2, 0.25) is 0 Å². The van der Waals surface area contributed by atoms with Crippen LogP contribution < -0.4 is 0 Å². The zero-order valence-corrected chi connectivity index (χ0v) is 9.77. The first kappa shape index (κ1) is 12.0. The van der Waals surface area contributed by atoms with Gasteiger partial charge in [0.05, 0.1) is 20.8 Å². The van der Waals surface area contributed by atoms with Crippen molar-refractivity contribution in [3.8, 4) is 0 Å². The van der Waals surface area contributed by atoms with Crippen LogP contribution in [-0.4, -0.2) is 18.2 Å². The Morgan fingerprint density at radius 2 is 2.18 bits per heavy atom. The molecule has 0 bridgehead atoms. The quantitative estimate of drug-likeness (QED) is 0.756. The summed E-state index contributed by atoms with van der Waals surface area (Å²) < 4.78 is 38.2. The summed E-state index contributed by atoms with van der Waals surface area (Å²) >= 11 is 1.39. The molecule has 1 aromatic carbocycles. The third-order valence-corrected chi connectivity index (χ3v) is 3.27. The number of fused-ring (bicyclic) bond motifs is 1. The van der Waals surface area contributed by atoms with Crippen LogP contribution in [0, 0.1) is 0 Å². The molecule has 1 heterocycles. The maximum absolute atomic E-state index is 12.5. The predicted molar refractivity (Wildman–Crippen MR) is 62.7 cm³/mol. The van der Waals surface area contributed by atoms with Crippen LogP contribution in [0.5, 0.6) is 0 Å². The maximum Gasteiger partial charge on any atom is 0.416 e. The smallest absolute Gasteiger partial charge is 0.300 e. The molecule has 0 spiro atoms. The molecule has 0 aliphatic rings. The largest absolute Gasteiger partial charge is 0.416 e. The van der Waals surface area contributed by atoms with Crippen molar-refractivity contribution in [2.75, 3.05) is 7.05 Å². The second-order valence-electron chi connectivity index (χ2n) is 3.43. The Morgan fingerprint density at radius 3 is 2.82 bits per heavy atom. The Hall–Kier alpha value is -1.43. The van der Waals surface area contributed by atoms with Gasteiger partial charge >= 0.3 is 6.18 Å². The fraction of sp³-hybridized carbons (Fsp3) is 0.273. The van der Waals surface area contributed by atoms with E-state index < -0.39 is 11.7 Å². The van der Waals surface area contributed by atoms with E-state index in [0.717, 1.165) is 21.8 Å². The number of alkyl halides is 3. The van der Waals surface area contributed by atoms with Crippen LogP contribution in [0.25, 0.3) is 10.2 Å². The zero-order valence-electron chi connectivity index (χ0n) is 8.95. The average Bonchev–Trinajstić information content (AvgIpc) is 2.66. The molecule has 6 heteroatoms. The topological polar surface area (TPSA) is 25.2 Å². The van der Waals surface area contributed by atoms with E-state index in [9.17, 15) is 13.2 Å². The molecule has 0 amide bonds. The van der Waals surface area contributed by atoms with Gasteiger partial charge in [0.1, 0.15) is 0 Å². The van der Waals surface area contributed by atoms with Crippen molar-refractivity contribution in [3.05, 3.63) is 28.8 Å². The molecular weight excluding hydrogens is 249 g/mol. The molecule has 0 aliphatic carbocycles. The number of hydrogen-bond acceptors (Lipinski definition) is 3.